The number of anilines is 2. The molecule has 2 aromatic carbocycles. The van der Waals surface area contributed by atoms with E-state index in [4.69, 9.17) is 0 Å². The number of nitrogens with zero attached hydrogens (tertiary/aromatic N) is 1. The molecule has 0 bridgehead atoms. The molecule has 3 rings (SSSR count). The normalized spacial score (nSPS) is 18.0. The fourth-order valence-electron chi connectivity index (χ4n) is 3.27. The summed E-state index contributed by atoms with van der Waals surface area (Å²) in [5, 5.41) is 2.83. The van der Waals surface area contributed by atoms with Crippen LogP contribution in [0.4, 0.5) is 11.4 Å². The highest BCUT2D eigenvalue weighted by Crippen LogP contribution is 2.35. The van der Waals surface area contributed by atoms with Gasteiger partial charge in [-0.05, 0) is 61.2 Å². The highest BCUT2D eigenvalue weighted by atomic mass is 32.2. The first-order chi connectivity index (χ1) is 13.3. The van der Waals surface area contributed by atoms with Gasteiger partial charge in [0, 0.05) is 11.3 Å². The maximum absolute atomic E-state index is 12.5. The molecule has 2 aromatic rings. The van der Waals surface area contributed by atoms with E-state index in [1.54, 1.807) is 13.8 Å². The molecule has 0 radical (unpaired) electrons. The molecule has 6 nitrogen and oxygen atoms in total. The van der Waals surface area contributed by atoms with Crippen molar-refractivity contribution in [3.05, 3.63) is 59.7 Å². The second kappa shape index (κ2) is 6.99. The van der Waals surface area contributed by atoms with Crippen LogP contribution >= 0.6 is 0 Å². The van der Waals surface area contributed by atoms with Gasteiger partial charge in [-0.15, -0.1) is 0 Å². The predicted octanol–water partition coefficient (Wildman–Crippen LogP) is 3.94. The van der Waals surface area contributed by atoms with Gasteiger partial charge in [-0.2, -0.15) is 0 Å². The number of carbonyl (C=O) groups excluding carboxylic acids is 2. The zero-order valence-corrected chi connectivity index (χ0v) is 18.1. The van der Waals surface area contributed by atoms with Crippen LogP contribution in [-0.4, -0.2) is 26.0 Å². The Labute approximate surface area is 172 Å². The number of rotatable bonds is 3. The van der Waals surface area contributed by atoms with E-state index < -0.39 is 21.3 Å². The van der Waals surface area contributed by atoms with Crippen LogP contribution < -0.4 is 9.62 Å². The first-order valence-corrected chi connectivity index (χ1v) is 11.0. The summed E-state index contributed by atoms with van der Waals surface area (Å²) in [6, 6.07) is 13.6. The first kappa shape index (κ1) is 21.0. The number of hydrogen-bond acceptors (Lipinski definition) is 4. The van der Waals surface area contributed by atoms with Gasteiger partial charge in [0.1, 0.15) is 0 Å². The zero-order chi connectivity index (χ0) is 21.6. The van der Waals surface area contributed by atoms with E-state index in [9.17, 15) is 18.0 Å². The van der Waals surface area contributed by atoms with E-state index in [2.05, 4.69) is 26.1 Å². The Hall–Kier alpha value is -2.67. The topological polar surface area (TPSA) is 83.6 Å². The van der Waals surface area contributed by atoms with Crippen molar-refractivity contribution < 1.29 is 18.0 Å². The van der Waals surface area contributed by atoms with Gasteiger partial charge < -0.3 is 5.32 Å². The molecule has 0 aliphatic carbocycles. The molecular formula is C22H26N2O4S. The van der Waals surface area contributed by atoms with E-state index in [1.807, 2.05) is 24.3 Å². The average Bonchev–Trinajstić information content (AvgIpc) is 2.77. The molecule has 1 saturated heterocycles. The third kappa shape index (κ3) is 4.19. The lowest BCUT2D eigenvalue weighted by molar-refractivity contribution is -0.123. The van der Waals surface area contributed by atoms with Gasteiger partial charge >= 0.3 is 0 Å². The summed E-state index contributed by atoms with van der Waals surface area (Å²) in [5.74, 6) is -1.00. The lowest BCUT2D eigenvalue weighted by Crippen LogP contribution is -2.32. The van der Waals surface area contributed by atoms with E-state index in [0.29, 0.717) is 11.3 Å². The molecule has 0 atom stereocenters. The molecule has 1 N–H and O–H groups in total. The van der Waals surface area contributed by atoms with Gasteiger partial charge in [-0.3, -0.25) is 9.59 Å². The zero-order valence-electron chi connectivity index (χ0n) is 17.3. The number of carbonyl (C=O) groups is 2. The molecule has 1 heterocycles. The maximum atomic E-state index is 12.5. The largest absolute Gasteiger partial charge is 0.322 e. The Kier molecular flexibility index (Phi) is 5.07. The second-order valence-corrected chi connectivity index (χ2v) is 10.9. The number of sulfonamides is 1. The van der Waals surface area contributed by atoms with Crippen LogP contribution in [0, 0.1) is 5.41 Å². The van der Waals surface area contributed by atoms with Crippen LogP contribution in [0.25, 0.3) is 0 Å². The number of hydrogen-bond donors (Lipinski definition) is 1. The van der Waals surface area contributed by atoms with E-state index in [-0.39, 0.29) is 22.8 Å². The van der Waals surface area contributed by atoms with Crippen LogP contribution in [0.15, 0.2) is 48.5 Å². The standard InChI is InChI=1S/C22H26N2O4S/c1-21(2,3)16-8-10-17(11-9-16)23-19(25)15-6-12-18(13-7-15)24-20(26)22(4,5)14-29(24,27)28/h6-13H,14H2,1-5H3,(H,23,25). The van der Waals surface area contributed by atoms with Crippen molar-refractivity contribution in [2.24, 2.45) is 5.41 Å². The molecule has 0 spiro atoms. The van der Waals surface area contributed by atoms with E-state index in [0.717, 1.165) is 4.31 Å². The van der Waals surface area contributed by atoms with Crippen molar-refractivity contribution in [3.8, 4) is 0 Å². The minimum absolute atomic E-state index is 0.0281. The molecule has 1 fully saturated rings. The Balaban J connectivity index is 1.77. The minimum atomic E-state index is -3.71. The first-order valence-electron chi connectivity index (χ1n) is 9.41. The lowest BCUT2D eigenvalue weighted by Gasteiger charge is -2.19. The van der Waals surface area contributed by atoms with Gasteiger partial charge in [0.25, 0.3) is 5.91 Å². The summed E-state index contributed by atoms with van der Waals surface area (Å²) in [4.78, 5) is 25.0. The average molecular weight is 415 g/mol. The Morgan fingerprint density at radius 2 is 1.55 bits per heavy atom. The fourth-order valence-corrected chi connectivity index (χ4v) is 5.37. The van der Waals surface area contributed by atoms with Crippen molar-refractivity contribution in [1.82, 2.24) is 0 Å². The molecular weight excluding hydrogens is 388 g/mol. The number of amides is 2. The molecule has 1 aliphatic heterocycles. The van der Waals surface area contributed by atoms with Crippen molar-refractivity contribution in [1.29, 1.82) is 0 Å². The molecule has 0 saturated carbocycles. The molecule has 0 unspecified atom stereocenters. The van der Waals surface area contributed by atoms with Crippen LogP contribution in [0.1, 0.15) is 50.5 Å². The van der Waals surface area contributed by atoms with Gasteiger partial charge in [0.2, 0.25) is 15.9 Å². The summed E-state index contributed by atoms with van der Waals surface area (Å²) in [5.41, 5.74) is 1.52. The van der Waals surface area contributed by atoms with Crippen LogP contribution in [-0.2, 0) is 20.2 Å². The van der Waals surface area contributed by atoms with Crippen LogP contribution in [0.2, 0.25) is 0 Å². The Morgan fingerprint density at radius 1 is 1.00 bits per heavy atom. The predicted molar refractivity (Wildman–Crippen MR) is 115 cm³/mol. The third-order valence-corrected chi connectivity index (χ3v) is 6.98. The van der Waals surface area contributed by atoms with Crippen molar-refractivity contribution in [2.75, 3.05) is 15.4 Å². The van der Waals surface area contributed by atoms with Crippen molar-refractivity contribution in [2.45, 2.75) is 40.0 Å². The summed E-state index contributed by atoms with van der Waals surface area (Å²) in [7, 11) is -3.71. The van der Waals surface area contributed by atoms with Gasteiger partial charge in [-0.25, -0.2) is 12.7 Å². The summed E-state index contributed by atoms with van der Waals surface area (Å²) >= 11 is 0. The molecule has 2 amide bonds. The van der Waals surface area contributed by atoms with Crippen molar-refractivity contribution in [3.63, 3.8) is 0 Å². The van der Waals surface area contributed by atoms with E-state index in [1.165, 1.54) is 29.8 Å². The highest BCUT2D eigenvalue weighted by Gasteiger charge is 2.49. The van der Waals surface area contributed by atoms with Gasteiger partial charge in [0.15, 0.2) is 0 Å². The van der Waals surface area contributed by atoms with E-state index >= 15 is 0 Å². The molecule has 1 aliphatic rings. The highest BCUT2D eigenvalue weighted by molar-refractivity contribution is 7.94. The summed E-state index contributed by atoms with van der Waals surface area (Å²) in [6.07, 6.45) is 0. The summed E-state index contributed by atoms with van der Waals surface area (Å²) in [6.45, 7) is 9.58. The molecule has 29 heavy (non-hydrogen) atoms. The molecule has 7 heteroatoms. The van der Waals surface area contributed by atoms with Crippen LogP contribution in [0.5, 0.6) is 0 Å². The third-order valence-electron chi connectivity index (χ3n) is 4.96. The van der Waals surface area contributed by atoms with Gasteiger partial charge in [0.05, 0.1) is 16.9 Å². The minimum Gasteiger partial charge on any atom is -0.322 e. The second-order valence-electron chi connectivity index (χ2n) is 9.04. The SMILES string of the molecule is CC1(C)CS(=O)(=O)N(c2ccc(C(=O)Nc3ccc(C(C)(C)C)cc3)cc2)C1=O. The number of nitrogens with one attached hydrogen (secondary N) is 1. The fraction of sp³-hybridized carbons (Fsp3) is 0.364. The lowest BCUT2D eigenvalue weighted by atomic mass is 9.87. The Bertz CT molecular complexity index is 1050. The monoisotopic (exact) mass is 414 g/mol. The molecule has 0 aromatic heterocycles. The van der Waals surface area contributed by atoms with Crippen molar-refractivity contribution >= 4 is 33.2 Å². The summed E-state index contributed by atoms with van der Waals surface area (Å²) < 4.78 is 25.6. The smallest absolute Gasteiger partial charge is 0.255 e. The quantitative estimate of drug-likeness (QED) is 0.825. The number of benzene rings is 2. The van der Waals surface area contributed by atoms with Crippen LogP contribution in [0.3, 0.4) is 0 Å². The van der Waals surface area contributed by atoms with Gasteiger partial charge in [-0.1, -0.05) is 32.9 Å². The molecule has 154 valence electrons. The Morgan fingerprint density at radius 3 is 2.00 bits per heavy atom. The maximum Gasteiger partial charge on any atom is 0.255 e.